The van der Waals surface area contributed by atoms with E-state index in [2.05, 4.69) is 20.0 Å². The van der Waals surface area contributed by atoms with Crippen molar-refractivity contribution in [1.29, 1.82) is 0 Å². The number of aromatic nitrogens is 3. The molecule has 0 aliphatic carbocycles. The van der Waals surface area contributed by atoms with Gasteiger partial charge in [0.25, 0.3) is 17.4 Å². The zero-order valence-electron chi connectivity index (χ0n) is 17.4. The van der Waals surface area contributed by atoms with Gasteiger partial charge in [0.1, 0.15) is 17.8 Å². The highest BCUT2D eigenvalue weighted by atomic mass is 35.5. The normalized spacial score (nSPS) is 16.0. The van der Waals surface area contributed by atoms with E-state index in [1.165, 1.54) is 30.1 Å². The van der Waals surface area contributed by atoms with E-state index in [-0.39, 0.29) is 29.1 Å². The molecule has 3 aromatic rings. The van der Waals surface area contributed by atoms with E-state index in [0.29, 0.717) is 35.8 Å². The number of anilines is 1. The van der Waals surface area contributed by atoms with E-state index in [0.717, 1.165) is 0 Å². The van der Waals surface area contributed by atoms with Crippen molar-refractivity contribution in [3.05, 3.63) is 68.1 Å². The first kappa shape index (κ1) is 22.8. The molecular formula is C21H19Cl2N5O5. The van der Waals surface area contributed by atoms with E-state index < -0.39 is 22.9 Å². The van der Waals surface area contributed by atoms with E-state index in [4.69, 9.17) is 23.2 Å². The van der Waals surface area contributed by atoms with Crippen molar-refractivity contribution in [3.63, 3.8) is 0 Å². The molecule has 0 spiro atoms. The minimum Gasteiger partial charge on any atom is -0.501 e. The summed E-state index contributed by atoms with van der Waals surface area (Å²) in [6, 6.07) is 4.67. The second-order valence-corrected chi connectivity index (χ2v) is 8.43. The Morgan fingerprint density at radius 1 is 1.27 bits per heavy atom. The fraction of sp³-hybridized carbons (Fsp3) is 0.286. The van der Waals surface area contributed by atoms with Crippen LogP contribution in [0, 0.1) is 0 Å². The lowest BCUT2D eigenvalue weighted by atomic mass is 9.96. The standard InChI is InChI=1S/C21H19Cl2N5O5/c1-27-18(26-16(17(29)21(27)32)19(30)25-13-8-24-33-10-13)12-3-2-6-28(9-12)20(31)11-4-5-14(22)15(23)7-11/h4-5,7-8,10,12,29H,2-3,6,9H2,1H3,(H,25,30)/t12-/m1/s1. The molecule has 0 radical (unpaired) electrons. The monoisotopic (exact) mass is 491 g/mol. The number of halogens is 2. The van der Waals surface area contributed by atoms with Crippen LogP contribution in [-0.4, -0.2) is 49.6 Å². The SMILES string of the molecule is Cn1c([C@@H]2CCCN(C(=O)c3ccc(Cl)c(Cl)c3)C2)nc(C(=O)Nc2cnoc2)c(O)c1=O. The van der Waals surface area contributed by atoms with Gasteiger partial charge in [0.2, 0.25) is 5.75 Å². The van der Waals surface area contributed by atoms with Crippen molar-refractivity contribution in [2.75, 3.05) is 18.4 Å². The summed E-state index contributed by atoms with van der Waals surface area (Å²) in [6.07, 6.45) is 3.77. The molecule has 3 heterocycles. The number of benzene rings is 1. The Hall–Kier alpha value is -3.37. The second kappa shape index (κ2) is 9.24. The zero-order valence-corrected chi connectivity index (χ0v) is 18.9. The number of amides is 2. The molecule has 2 amide bonds. The predicted molar refractivity (Wildman–Crippen MR) is 120 cm³/mol. The van der Waals surface area contributed by atoms with Crippen LogP contribution in [0.4, 0.5) is 5.69 Å². The molecular weight excluding hydrogens is 473 g/mol. The number of piperidine rings is 1. The van der Waals surface area contributed by atoms with Gasteiger partial charge in [-0.25, -0.2) is 4.98 Å². The van der Waals surface area contributed by atoms with Gasteiger partial charge in [-0.2, -0.15) is 0 Å². The van der Waals surface area contributed by atoms with Gasteiger partial charge in [-0.15, -0.1) is 0 Å². The lowest BCUT2D eigenvalue weighted by Gasteiger charge is -2.33. The maximum Gasteiger partial charge on any atom is 0.296 e. The number of hydrogen-bond donors (Lipinski definition) is 2. The Kier molecular flexibility index (Phi) is 6.39. The van der Waals surface area contributed by atoms with E-state index >= 15 is 0 Å². The highest BCUT2D eigenvalue weighted by Crippen LogP contribution is 2.29. The van der Waals surface area contributed by atoms with Crippen molar-refractivity contribution < 1.29 is 19.2 Å². The Labute approximate surface area is 197 Å². The lowest BCUT2D eigenvalue weighted by molar-refractivity contribution is 0.0702. The van der Waals surface area contributed by atoms with Gasteiger partial charge in [0.05, 0.1) is 16.2 Å². The number of carbonyl (C=O) groups is 2. The minimum atomic E-state index is -0.783. The Balaban J connectivity index is 1.61. The summed E-state index contributed by atoms with van der Waals surface area (Å²) in [5.41, 5.74) is -0.531. The third kappa shape index (κ3) is 4.57. The number of aromatic hydroxyl groups is 1. The van der Waals surface area contributed by atoms with Gasteiger partial charge in [0.15, 0.2) is 5.69 Å². The Morgan fingerprint density at radius 3 is 2.76 bits per heavy atom. The first-order valence-corrected chi connectivity index (χ1v) is 10.8. The average Bonchev–Trinajstić information content (AvgIpc) is 3.32. The third-order valence-corrected chi connectivity index (χ3v) is 6.19. The molecule has 1 aliphatic heterocycles. The maximum atomic E-state index is 13.0. The van der Waals surface area contributed by atoms with E-state index in [1.54, 1.807) is 17.0 Å². The van der Waals surface area contributed by atoms with Crippen LogP contribution in [0.15, 0.2) is 40.0 Å². The summed E-state index contributed by atoms with van der Waals surface area (Å²) < 4.78 is 5.86. The van der Waals surface area contributed by atoms with Crippen molar-refractivity contribution >= 4 is 40.7 Å². The van der Waals surface area contributed by atoms with Crippen LogP contribution in [0.5, 0.6) is 5.75 Å². The molecule has 1 fully saturated rings. The molecule has 2 N–H and O–H groups in total. The van der Waals surface area contributed by atoms with Crippen molar-refractivity contribution in [2.24, 2.45) is 7.05 Å². The number of likely N-dealkylation sites (tertiary alicyclic amines) is 1. The maximum absolute atomic E-state index is 13.0. The molecule has 0 bridgehead atoms. The quantitative estimate of drug-likeness (QED) is 0.573. The average molecular weight is 492 g/mol. The molecule has 10 nitrogen and oxygen atoms in total. The highest BCUT2D eigenvalue weighted by Gasteiger charge is 2.30. The van der Waals surface area contributed by atoms with Gasteiger partial charge in [-0.05, 0) is 31.0 Å². The first-order valence-electron chi connectivity index (χ1n) is 10.0. The van der Waals surface area contributed by atoms with Crippen molar-refractivity contribution in [3.8, 4) is 5.75 Å². The number of nitrogens with zero attached hydrogens (tertiary/aromatic N) is 4. The summed E-state index contributed by atoms with van der Waals surface area (Å²) in [6.45, 7) is 0.791. The number of carbonyl (C=O) groups excluding carboxylic acids is 2. The summed E-state index contributed by atoms with van der Waals surface area (Å²) >= 11 is 12.0. The van der Waals surface area contributed by atoms with Crippen molar-refractivity contribution in [1.82, 2.24) is 19.6 Å². The smallest absolute Gasteiger partial charge is 0.296 e. The number of hydrogen-bond acceptors (Lipinski definition) is 7. The van der Waals surface area contributed by atoms with E-state index in [9.17, 15) is 19.5 Å². The minimum absolute atomic E-state index is 0.229. The highest BCUT2D eigenvalue weighted by molar-refractivity contribution is 6.42. The van der Waals surface area contributed by atoms with Crippen LogP contribution in [-0.2, 0) is 7.05 Å². The molecule has 12 heteroatoms. The van der Waals surface area contributed by atoms with Crippen LogP contribution in [0.1, 0.15) is 45.4 Å². The molecule has 1 saturated heterocycles. The molecule has 0 saturated carbocycles. The van der Waals surface area contributed by atoms with Gasteiger partial charge < -0.3 is 19.8 Å². The summed E-state index contributed by atoms with van der Waals surface area (Å²) in [7, 11) is 1.46. The zero-order chi connectivity index (χ0) is 23.7. The van der Waals surface area contributed by atoms with Crippen LogP contribution >= 0.6 is 23.2 Å². The van der Waals surface area contributed by atoms with Crippen LogP contribution < -0.4 is 10.9 Å². The molecule has 33 heavy (non-hydrogen) atoms. The molecule has 0 unspecified atom stereocenters. The molecule has 4 rings (SSSR count). The summed E-state index contributed by atoms with van der Waals surface area (Å²) in [4.78, 5) is 44.2. The van der Waals surface area contributed by atoms with Gasteiger partial charge in [-0.1, -0.05) is 28.4 Å². The number of rotatable bonds is 4. The molecule has 1 aromatic carbocycles. The Morgan fingerprint density at radius 2 is 2.06 bits per heavy atom. The van der Waals surface area contributed by atoms with Crippen LogP contribution in [0.3, 0.4) is 0 Å². The topological polar surface area (TPSA) is 131 Å². The molecule has 2 aromatic heterocycles. The van der Waals surface area contributed by atoms with E-state index in [1.807, 2.05) is 0 Å². The van der Waals surface area contributed by atoms with Gasteiger partial charge >= 0.3 is 0 Å². The molecule has 1 atom stereocenters. The Bertz CT molecular complexity index is 1270. The first-order chi connectivity index (χ1) is 15.8. The third-order valence-electron chi connectivity index (χ3n) is 5.45. The summed E-state index contributed by atoms with van der Waals surface area (Å²) in [5.74, 6) is -1.82. The predicted octanol–water partition coefficient (Wildman–Crippen LogP) is 3.05. The van der Waals surface area contributed by atoms with Gasteiger partial charge in [0, 0.05) is 31.6 Å². The van der Waals surface area contributed by atoms with Gasteiger partial charge in [-0.3, -0.25) is 19.0 Å². The van der Waals surface area contributed by atoms with Crippen LogP contribution in [0.25, 0.3) is 0 Å². The summed E-state index contributed by atoms with van der Waals surface area (Å²) in [5, 5.41) is 16.8. The molecule has 172 valence electrons. The fourth-order valence-corrected chi connectivity index (χ4v) is 4.07. The lowest BCUT2D eigenvalue weighted by Crippen LogP contribution is -2.41. The second-order valence-electron chi connectivity index (χ2n) is 7.62. The fourth-order valence-electron chi connectivity index (χ4n) is 3.77. The molecule has 1 aliphatic rings. The number of nitrogens with one attached hydrogen (secondary N) is 1. The van der Waals surface area contributed by atoms with Crippen LogP contribution in [0.2, 0.25) is 10.0 Å². The van der Waals surface area contributed by atoms with Crippen molar-refractivity contribution in [2.45, 2.75) is 18.8 Å². The largest absolute Gasteiger partial charge is 0.501 e.